The van der Waals surface area contributed by atoms with Crippen LogP contribution in [-0.2, 0) is 14.3 Å². The minimum Gasteiger partial charge on any atom is -0.466 e. The standard InChI is InChI=1S/C24H21ClN2O5S/c1-4-31-21(28)19-16(14-6-8-15(25)9-7-14)12-33-20(19)27-23(30)24(3)22(29)26-17-11-13(2)5-10-18(17)32-24/h5-12H,4H2,1-3H3,(H,26,29)(H,27,30). The number of hydrogen-bond acceptors (Lipinski definition) is 6. The van der Waals surface area contributed by atoms with E-state index < -0.39 is 23.4 Å². The Balaban J connectivity index is 1.67. The summed E-state index contributed by atoms with van der Waals surface area (Å²) >= 11 is 7.14. The molecule has 0 bridgehead atoms. The number of benzene rings is 2. The zero-order valence-corrected chi connectivity index (χ0v) is 19.7. The molecule has 2 N–H and O–H groups in total. The number of nitrogens with one attached hydrogen (secondary N) is 2. The molecule has 2 heterocycles. The third-order valence-electron chi connectivity index (χ3n) is 5.22. The molecule has 2 amide bonds. The second-order valence-electron chi connectivity index (χ2n) is 7.62. The number of fused-ring (bicyclic) bond motifs is 1. The summed E-state index contributed by atoms with van der Waals surface area (Å²) in [4.78, 5) is 38.8. The number of carbonyl (C=O) groups excluding carboxylic acids is 3. The maximum absolute atomic E-state index is 13.2. The van der Waals surface area contributed by atoms with Gasteiger partial charge >= 0.3 is 5.97 Å². The quantitative estimate of drug-likeness (QED) is 0.379. The van der Waals surface area contributed by atoms with Crippen LogP contribution in [-0.4, -0.2) is 30.0 Å². The molecule has 0 fully saturated rings. The van der Waals surface area contributed by atoms with Crippen LogP contribution in [0.3, 0.4) is 0 Å². The van der Waals surface area contributed by atoms with Gasteiger partial charge in [0.1, 0.15) is 16.3 Å². The highest BCUT2D eigenvalue weighted by Gasteiger charge is 2.47. The van der Waals surface area contributed by atoms with Gasteiger partial charge in [-0.25, -0.2) is 4.79 Å². The number of thiophene rings is 1. The molecule has 1 atom stereocenters. The minimum absolute atomic E-state index is 0.168. The second-order valence-corrected chi connectivity index (χ2v) is 8.94. The number of hydrogen-bond donors (Lipinski definition) is 2. The van der Waals surface area contributed by atoms with Crippen LogP contribution in [0.1, 0.15) is 29.8 Å². The summed E-state index contributed by atoms with van der Waals surface area (Å²) in [5, 5.41) is 7.99. The highest BCUT2D eigenvalue weighted by atomic mass is 35.5. The summed E-state index contributed by atoms with van der Waals surface area (Å²) < 4.78 is 11.0. The smallest absolute Gasteiger partial charge is 0.341 e. The normalized spacial score (nSPS) is 16.9. The Morgan fingerprint density at radius 2 is 1.94 bits per heavy atom. The zero-order valence-electron chi connectivity index (χ0n) is 18.2. The molecule has 3 aromatic rings. The lowest BCUT2D eigenvalue weighted by Crippen LogP contribution is -2.56. The van der Waals surface area contributed by atoms with Crippen LogP contribution in [0.4, 0.5) is 10.7 Å². The Bertz CT molecular complexity index is 1250. The first-order valence-corrected chi connectivity index (χ1v) is 11.5. The van der Waals surface area contributed by atoms with Crippen LogP contribution in [0.25, 0.3) is 11.1 Å². The summed E-state index contributed by atoms with van der Waals surface area (Å²) in [6.45, 7) is 5.14. The number of halogens is 1. The van der Waals surface area contributed by atoms with Crippen LogP contribution in [0.2, 0.25) is 5.02 Å². The fourth-order valence-electron chi connectivity index (χ4n) is 3.41. The topological polar surface area (TPSA) is 93.7 Å². The molecule has 1 aliphatic rings. The van der Waals surface area contributed by atoms with E-state index in [-0.39, 0.29) is 17.2 Å². The van der Waals surface area contributed by atoms with E-state index in [9.17, 15) is 14.4 Å². The molecule has 1 unspecified atom stereocenters. The highest BCUT2D eigenvalue weighted by molar-refractivity contribution is 7.15. The fraction of sp³-hybridized carbons (Fsp3) is 0.208. The maximum Gasteiger partial charge on any atom is 0.341 e. The summed E-state index contributed by atoms with van der Waals surface area (Å²) in [5.74, 6) is -1.51. The molecular formula is C24H21ClN2O5S. The first-order chi connectivity index (χ1) is 15.7. The van der Waals surface area contributed by atoms with E-state index in [0.717, 1.165) is 22.5 Å². The SMILES string of the molecule is CCOC(=O)c1c(-c2ccc(Cl)cc2)csc1NC(=O)C1(C)Oc2ccc(C)cc2NC1=O. The zero-order chi connectivity index (χ0) is 23.8. The second kappa shape index (κ2) is 8.88. The third kappa shape index (κ3) is 4.31. The molecule has 4 rings (SSSR count). The molecule has 0 aliphatic carbocycles. The van der Waals surface area contributed by atoms with Gasteiger partial charge in [0.2, 0.25) is 0 Å². The Hall–Kier alpha value is -3.36. The number of amides is 2. The van der Waals surface area contributed by atoms with E-state index in [1.807, 2.05) is 13.0 Å². The van der Waals surface area contributed by atoms with Gasteiger partial charge in [0, 0.05) is 16.0 Å². The first kappa shape index (κ1) is 22.8. The van der Waals surface area contributed by atoms with Crippen molar-refractivity contribution in [3.8, 4) is 16.9 Å². The number of anilines is 2. The third-order valence-corrected chi connectivity index (χ3v) is 6.36. The average Bonchev–Trinajstić information content (AvgIpc) is 3.19. The molecule has 0 spiro atoms. The van der Waals surface area contributed by atoms with Crippen molar-refractivity contribution in [1.29, 1.82) is 0 Å². The summed E-state index contributed by atoms with van der Waals surface area (Å²) in [7, 11) is 0. The monoisotopic (exact) mass is 484 g/mol. The van der Waals surface area contributed by atoms with Crippen molar-refractivity contribution in [2.24, 2.45) is 0 Å². The van der Waals surface area contributed by atoms with E-state index in [4.69, 9.17) is 21.1 Å². The molecule has 170 valence electrons. The van der Waals surface area contributed by atoms with Crippen molar-refractivity contribution < 1.29 is 23.9 Å². The van der Waals surface area contributed by atoms with Crippen molar-refractivity contribution >= 4 is 51.4 Å². The Labute approximate surface area is 199 Å². The summed E-state index contributed by atoms with van der Waals surface area (Å²) in [5.41, 5.74) is 1.13. The molecule has 0 saturated heterocycles. The van der Waals surface area contributed by atoms with Crippen molar-refractivity contribution in [1.82, 2.24) is 0 Å². The lowest BCUT2D eigenvalue weighted by molar-refractivity contribution is -0.143. The number of esters is 1. The van der Waals surface area contributed by atoms with Crippen molar-refractivity contribution in [2.75, 3.05) is 17.2 Å². The Morgan fingerprint density at radius 3 is 2.64 bits per heavy atom. The van der Waals surface area contributed by atoms with E-state index >= 15 is 0 Å². The van der Waals surface area contributed by atoms with E-state index in [2.05, 4.69) is 10.6 Å². The van der Waals surface area contributed by atoms with Gasteiger partial charge in [-0.15, -0.1) is 11.3 Å². The molecule has 0 radical (unpaired) electrons. The van der Waals surface area contributed by atoms with Gasteiger partial charge in [0.25, 0.3) is 17.4 Å². The van der Waals surface area contributed by atoms with E-state index in [1.54, 1.807) is 48.7 Å². The van der Waals surface area contributed by atoms with Crippen LogP contribution in [0.15, 0.2) is 47.8 Å². The van der Waals surface area contributed by atoms with Crippen molar-refractivity contribution in [3.63, 3.8) is 0 Å². The number of ether oxygens (including phenoxy) is 2. The van der Waals surface area contributed by atoms with Crippen LogP contribution < -0.4 is 15.4 Å². The number of carbonyl (C=O) groups is 3. The largest absolute Gasteiger partial charge is 0.466 e. The van der Waals surface area contributed by atoms with Crippen LogP contribution in [0, 0.1) is 6.92 Å². The number of aryl methyl sites for hydroxylation is 1. The lowest BCUT2D eigenvalue weighted by Gasteiger charge is -2.33. The molecule has 2 aromatic carbocycles. The molecule has 33 heavy (non-hydrogen) atoms. The number of rotatable bonds is 5. The molecule has 7 nitrogen and oxygen atoms in total. The molecule has 1 aliphatic heterocycles. The molecule has 9 heteroatoms. The van der Waals surface area contributed by atoms with Gasteiger partial charge < -0.3 is 20.1 Å². The average molecular weight is 485 g/mol. The Morgan fingerprint density at radius 1 is 1.21 bits per heavy atom. The van der Waals surface area contributed by atoms with Crippen molar-refractivity contribution in [3.05, 3.63) is 64.0 Å². The van der Waals surface area contributed by atoms with Gasteiger partial charge in [0.15, 0.2) is 0 Å². The maximum atomic E-state index is 13.2. The van der Waals surface area contributed by atoms with Gasteiger partial charge in [-0.05, 0) is 56.2 Å². The summed E-state index contributed by atoms with van der Waals surface area (Å²) in [6.07, 6.45) is 0. The van der Waals surface area contributed by atoms with Crippen LogP contribution in [0.5, 0.6) is 5.75 Å². The first-order valence-electron chi connectivity index (χ1n) is 10.2. The van der Waals surface area contributed by atoms with Gasteiger partial charge in [-0.2, -0.15) is 0 Å². The van der Waals surface area contributed by atoms with Crippen LogP contribution >= 0.6 is 22.9 Å². The van der Waals surface area contributed by atoms with E-state index in [1.165, 1.54) is 6.92 Å². The molecule has 1 aromatic heterocycles. The highest BCUT2D eigenvalue weighted by Crippen LogP contribution is 2.39. The predicted molar refractivity (Wildman–Crippen MR) is 128 cm³/mol. The van der Waals surface area contributed by atoms with E-state index in [0.29, 0.717) is 22.0 Å². The Kier molecular flexibility index (Phi) is 6.14. The predicted octanol–water partition coefficient (Wildman–Crippen LogP) is 5.28. The van der Waals surface area contributed by atoms with Gasteiger partial charge in [-0.1, -0.05) is 29.8 Å². The van der Waals surface area contributed by atoms with Gasteiger partial charge in [-0.3, -0.25) is 9.59 Å². The minimum atomic E-state index is -1.83. The lowest BCUT2D eigenvalue weighted by atomic mass is 10.0. The molecular weight excluding hydrogens is 464 g/mol. The fourth-order valence-corrected chi connectivity index (χ4v) is 4.49. The van der Waals surface area contributed by atoms with Crippen molar-refractivity contribution in [2.45, 2.75) is 26.4 Å². The summed E-state index contributed by atoms with van der Waals surface area (Å²) in [6, 6.07) is 12.3. The molecule has 0 saturated carbocycles. The van der Waals surface area contributed by atoms with Gasteiger partial charge in [0.05, 0.1) is 12.3 Å².